The number of rotatable bonds is 7. The highest BCUT2D eigenvalue weighted by atomic mass is 15.1. The van der Waals surface area contributed by atoms with Crippen LogP contribution in [0.15, 0.2) is 231 Å². The Hall–Kier alpha value is -7.94. The molecule has 0 spiro atoms. The zero-order chi connectivity index (χ0) is 42.1. The van der Waals surface area contributed by atoms with Crippen LogP contribution in [0, 0.1) is 0 Å². The Labute approximate surface area is 368 Å². The number of nitrogens with zero attached hydrogens (tertiary/aromatic N) is 2. The van der Waals surface area contributed by atoms with Gasteiger partial charge in [-0.1, -0.05) is 178 Å². The van der Waals surface area contributed by atoms with Gasteiger partial charge in [0.1, 0.15) is 0 Å². The van der Waals surface area contributed by atoms with Crippen LogP contribution in [0.25, 0.3) is 82.8 Å². The molecule has 0 fully saturated rings. The fourth-order valence-corrected chi connectivity index (χ4v) is 10.2. The molecule has 0 saturated heterocycles. The summed E-state index contributed by atoms with van der Waals surface area (Å²) in [7, 11) is 0. The van der Waals surface area contributed by atoms with E-state index in [1.807, 2.05) is 0 Å². The first kappa shape index (κ1) is 36.9. The van der Waals surface area contributed by atoms with Gasteiger partial charge in [0.05, 0.1) is 16.7 Å². The standard InChI is InChI=1S/C61H44N2/c1-61(2)56-22-9-5-19-52(56)53-37-36-50(40-57(53)61)62(49-34-30-43(31-35-49)46-27-26-41-14-3-4-15-44(41)38-46)48-32-28-42(29-33-48)45-16-13-17-47(39-45)51-18-6-10-23-58(51)63-59-24-11-7-20-54(59)55-21-8-12-25-60(55)63/h3-40H,1-2H3. The van der Waals surface area contributed by atoms with E-state index >= 15 is 0 Å². The van der Waals surface area contributed by atoms with E-state index in [0.29, 0.717) is 0 Å². The largest absolute Gasteiger partial charge is 0.310 e. The lowest BCUT2D eigenvalue weighted by molar-refractivity contribution is 0.660. The molecule has 0 amide bonds. The molecule has 1 aliphatic rings. The maximum atomic E-state index is 2.42. The van der Waals surface area contributed by atoms with Crippen LogP contribution < -0.4 is 4.90 Å². The van der Waals surface area contributed by atoms with Crippen molar-refractivity contribution < 1.29 is 0 Å². The molecule has 0 radical (unpaired) electrons. The number of hydrogen-bond donors (Lipinski definition) is 0. The van der Waals surface area contributed by atoms with E-state index in [0.717, 1.165) is 17.1 Å². The molecule has 2 nitrogen and oxygen atoms in total. The highest BCUT2D eigenvalue weighted by Crippen LogP contribution is 2.51. The van der Waals surface area contributed by atoms with Gasteiger partial charge in [-0.25, -0.2) is 0 Å². The molecule has 0 unspecified atom stereocenters. The summed E-state index contributed by atoms with van der Waals surface area (Å²) in [6.45, 7) is 4.71. The van der Waals surface area contributed by atoms with Gasteiger partial charge >= 0.3 is 0 Å². The molecule has 298 valence electrons. The second kappa shape index (κ2) is 14.6. The fraction of sp³-hybridized carbons (Fsp3) is 0.0492. The van der Waals surface area contributed by atoms with E-state index in [4.69, 9.17) is 0 Å². The quantitative estimate of drug-likeness (QED) is 0.156. The lowest BCUT2D eigenvalue weighted by atomic mass is 9.82. The Bertz CT molecular complexity index is 3480. The Morgan fingerprint density at radius 1 is 0.333 bits per heavy atom. The molecule has 0 aliphatic heterocycles. The summed E-state index contributed by atoms with van der Waals surface area (Å²) in [5.41, 5.74) is 19.4. The number of aromatic nitrogens is 1. The number of fused-ring (bicyclic) bond motifs is 7. The predicted molar refractivity (Wildman–Crippen MR) is 267 cm³/mol. The van der Waals surface area contributed by atoms with Crippen LogP contribution in [0.3, 0.4) is 0 Å². The molecule has 0 saturated carbocycles. The highest BCUT2D eigenvalue weighted by molar-refractivity contribution is 6.09. The number of hydrogen-bond acceptors (Lipinski definition) is 1. The van der Waals surface area contributed by atoms with E-state index in [1.54, 1.807) is 0 Å². The van der Waals surface area contributed by atoms with Gasteiger partial charge in [0.15, 0.2) is 0 Å². The van der Waals surface area contributed by atoms with E-state index in [2.05, 4.69) is 254 Å². The monoisotopic (exact) mass is 804 g/mol. The summed E-state index contributed by atoms with van der Waals surface area (Å²) < 4.78 is 2.42. The van der Waals surface area contributed by atoms with Crippen LogP contribution in [-0.2, 0) is 5.41 Å². The molecule has 1 aliphatic carbocycles. The van der Waals surface area contributed by atoms with Crippen molar-refractivity contribution in [1.82, 2.24) is 4.57 Å². The van der Waals surface area contributed by atoms with Gasteiger partial charge in [-0.05, 0) is 128 Å². The second-order valence-corrected chi connectivity index (χ2v) is 17.4. The van der Waals surface area contributed by atoms with E-state index in [-0.39, 0.29) is 5.41 Å². The average Bonchev–Trinajstić information content (AvgIpc) is 3.80. The first-order valence-corrected chi connectivity index (χ1v) is 21.9. The Morgan fingerprint density at radius 3 is 1.57 bits per heavy atom. The molecule has 1 heterocycles. The van der Waals surface area contributed by atoms with Crippen LogP contribution in [0.4, 0.5) is 17.1 Å². The van der Waals surface area contributed by atoms with Crippen molar-refractivity contribution in [3.05, 3.63) is 242 Å². The molecule has 63 heavy (non-hydrogen) atoms. The van der Waals surface area contributed by atoms with Crippen molar-refractivity contribution in [2.45, 2.75) is 19.3 Å². The van der Waals surface area contributed by atoms with E-state index in [9.17, 15) is 0 Å². The van der Waals surface area contributed by atoms with E-state index in [1.165, 1.54) is 93.9 Å². The fourth-order valence-electron chi connectivity index (χ4n) is 10.2. The third-order valence-corrected chi connectivity index (χ3v) is 13.4. The van der Waals surface area contributed by atoms with Crippen molar-refractivity contribution in [3.63, 3.8) is 0 Å². The predicted octanol–water partition coefficient (Wildman–Crippen LogP) is 16.7. The molecular weight excluding hydrogens is 761 g/mol. The number of benzene rings is 10. The van der Waals surface area contributed by atoms with Crippen molar-refractivity contribution >= 4 is 49.6 Å². The van der Waals surface area contributed by atoms with Crippen LogP contribution >= 0.6 is 0 Å². The van der Waals surface area contributed by atoms with Crippen LogP contribution in [0.2, 0.25) is 0 Å². The number of para-hydroxylation sites is 3. The van der Waals surface area contributed by atoms with Gasteiger partial charge in [-0.2, -0.15) is 0 Å². The summed E-state index contributed by atoms with van der Waals surface area (Å²) in [5.74, 6) is 0. The molecule has 11 aromatic rings. The zero-order valence-electron chi connectivity index (χ0n) is 35.3. The van der Waals surface area contributed by atoms with E-state index < -0.39 is 0 Å². The molecule has 0 bridgehead atoms. The summed E-state index contributed by atoms with van der Waals surface area (Å²) in [6, 6.07) is 84.6. The highest BCUT2D eigenvalue weighted by Gasteiger charge is 2.35. The molecular formula is C61H44N2. The first-order valence-electron chi connectivity index (χ1n) is 21.9. The summed E-state index contributed by atoms with van der Waals surface area (Å²) >= 11 is 0. The second-order valence-electron chi connectivity index (χ2n) is 17.4. The van der Waals surface area contributed by atoms with Crippen molar-refractivity contribution in [3.8, 4) is 50.2 Å². The maximum absolute atomic E-state index is 2.42. The zero-order valence-corrected chi connectivity index (χ0v) is 35.3. The molecule has 0 N–H and O–H groups in total. The normalized spacial score (nSPS) is 12.7. The summed E-state index contributed by atoms with van der Waals surface area (Å²) in [6.07, 6.45) is 0. The van der Waals surface area contributed by atoms with Gasteiger partial charge < -0.3 is 9.47 Å². The first-order chi connectivity index (χ1) is 31.0. The minimum absolute atomic E-state index is 0.109. The van der Waals surface area contributed by atoms with Gasteiger partial charge in [0.25, 0.3) is 0 Å². The van der Waals surface area contributed by atoms with Gasteiger partial charge in [-0.15, -0.1) is 0 Å². The topological polar surface area (TPSA) is 8.17 Å². The molecule has 12 rings (SSSR count). The van der Waals surface area contributed by atoms with Crippen molar-refractivity contribution in [2.24, 2.45) is 0 Å². The third-order valence-electron chi connectivity index (χ3n) is 13.4. The van der Waals surface area contributed by atoms with Crippen LogP contribution in [0.1, 0.15) is 25.0 Å². The van der Waals surface area contributed by atoms with Crippen molar-refractivity contribution in [2.75, 3.05) is 4.90 Å². The lowest BCUT2D eigenvalue weighted by Crippen LogP contribution is -2.16. The average molecular weight is 805 g/mol. The Morgan fingerprint density at radius 2 is 0.857 bits per heavy atom. The Balaban J connectivity index is 0.931. The third kappa shape index (κ3) is 6.09. The molecule has 10 aromatic carbocycles. The van der Waals surface area contributed by atoms with Gasteiger partial charge in [-0.3, -0.25) is 0 Å². The molecule has 2 heteroatoms. The van der Waals surface area contributed by atoms with Crippen LogP contribution in [-0.4, -0.2) is 4.57 Å². The lowest BCUT2D eigenvalue weighted by Gasteiger charge is -2.28. The SMILES string of the molecule is CC1(C)c2ccccc2-c2ccc(N(c3ccc(-c4cccc(-c5ccccc5-n5c6ccccc6c6ccccc65)c4)cc3)c3ccc(-c4ccc5ccccc5c4)cc3)cc21. The summed E-state index contributed by atoms with van der Waals surface area (Å²) in [4.78, 5) is 2.41. The number of anilines is 3. The minimum Gasteiger partial charge on any atom is -0.310 e. The maximum Gasteiger partial charge on any atom is 0.0541 e. The van der Waals surface area contributed by atoms with Crippen LogP contribution in [0.5, 0.6) is 0 Å². The molecule has 0 atom stereocenters. The van der Waals surface area contributed by atoms with Crippen molar-refractivity contribution in [1.29, 1.82) is 0 Å². The Kier molecular flexibility index (Phi) is 8.55. The smallest absolute Gasteiger partial charge is 0.0541 e. The molecule has 1 aromatic heterocycles. The van der Waals surface area contributed by atoms with Gasteiger partial charge in [0.2, 0.25) is 0 Å². The van der Waals surface area contributed by atoms with Gasteiger partial charge in [0, 0.05) is 38.8 Å². The minimum atomic E-state index is -0.109. The summed E-state index contributed by atoms with van der Waals surface area (Å²) in [5, 5.41) is 5.03.